The summed E-state index contributed by atoms with van der Waals surface area (Å²) in [7, 11) is -0.321. The minimum atomic E-state index is -0.509. The monoisotopic (exact) mass is 417 g/mol. The van der Waals surface area contributed by atoms with Crippen LogP contribution in [0.15, 0.2) is 24.3 Å². The average molecular weight is 417 g/mol. The summed E-state index contributed by atoms with van der Waals surface area (Å²) in [5.74, 6) is -0.0418. The number of nitrogens with zero attached hydrogens (tertiary/aromatic N) is 1. The summed E-state index contributed by atoms with van der Waals surface area (Å²) < 4.78 is 17.5. The molecule has 1 atom stereocenters. The van der Waals surface area contributed by atoms with Crippen LogP contribution in [-0.4, -0.2) is 47.4 Å². The van der Waals surface area contributed by atoms with Gasteiger partial charge in [0, 0.05) is 12.1 Å². The van der Waals surface area contributed by atoms with Gasteiger partial charge in [0.15, 0.2) is 0 Å². The number of rotatable bonds is 6. The van der Waals surface area contributed by atoms with Gasteiger partial charge in [-0.25, -0.2) is 0 Å². The molecule has 1 fully saturated rings. The second-order valence-corrected chi connectivity index (χ2v) is 11.3. The van der Waals surface area contributed by atoms with Gasteiger partial charge in [-0.3, -0.25) is 9.69 Å². The highest BCUT2D eigenvalue weighted by Gasteiger charge is 2.39. The molecule has 0 saturated carbocycles. The van der Waals surface area contributed by atoms with Gasteiger partial charge in [-0.15, -0.1) is 0 Å². The predicted molar refractivity (Wildman–Crippen MR) is 123 cm³/mol. The summed E-state index contributed by atoms with van der Waals surface area (Å²) in [6.45, 7) is 21.6. The molecule has 0 bridgehead atoms. The standard InChI is InChI=1S/C24H40BNO4/c1-17(2)20(21(27)29-23(6,7)8)26(22(3,4)5)15-18-11-13-19(14-12-18)25-28-16-24(9,10)30-25/h11-14,17,20H,15-16H2,1-10H3. The van der Waals surface area contributed by atoms with Gasteiger partial charge in [0.2, 0.25) is 0 Å². The molecule has 1 aromatic carbocycles. The minimum absolute atomic E-state index is 0.126. The number of ether oxygens (including phenoxy) is 1. The van der Waals surface area contributed by atoms with E-state index in [2.05, 4.69) is 63.8 Å². The lowest BCUT2D eigenvalue weighted by atomic mass is 9.79. The summed E-state index contributed by atoms with van der Waals surface area (Å²) in [5.41, 5.74) is 1.18. The van der Waals surface area contributed by atoms with Crippen molar-refractivity contribution in [2.75, 3.05) is 6.61 Å². The van der Waals surface area contributed by atoms with Crippen molar-refractivity contribution in [3.8, 4) is 0 Å². The molecule has 1 unspecified atom stereocenters. The molecule has 1 heterocycles. The van der Waals surface area contributed by atoms with E-state index >= 15 is 0 Å². The van der Waals surface area contributed by atoms with Crippen LogP contribution in [0.1, 0.15) is 74.8 Å². The third-order valence-corrected chi connectivity index (χ3v) is 5.09. The molecule has 6 heteroatoms. The van der Waals surface area contributed by atoms with Gasteiger partial charge in [0.05, 0.1) is 12.2 Å². The topological polar surface area (TPSA) is 48.0 Å². The summed E-state index contributed by atoms with van der Waals surface area (Å²) >= 11 is 0. The van der Waals surface area contributed by atoms with Crippen molar-refractivity contribution >= 4 is 18.6 Å². The summed E-state index contributed by atoms with van der Waals surface area (Å²) in [4.78, 5) is 15.3. The van der Waals surface area contributed by atoms with Gasteiger partial charge in [-0.2, -0.15) is 0 Å². The van der Waals surface area contributed by atoms with Crippen molar-refractivity contribution in [3.05, 3.63) is 29.8 Å². The number of hydrogen-bond acceptors (Lipinski definition) is 5. The maximum Gasteiger partial charge on any atom is 0.494 e. The van der Waals surface area contributed by atoms with Crippen LogP contribution in [0.4, 0.5) is 0 Å². The average Bonchev–Trinajstić information content (AvgIpc) is 2.92. The molecule has 0 amide bonds. The molecule has 1 aliphatic rings. The Morgan fingerprint density at radius 3 is 2.10 bits per heavy atom. The van der Waals surface area contributed by atoms with E-state index in [1.807, 2.05) is 34.6 Å². The van der Waals surface area contributed by atoms with E-state index in [0.29, 0.717) is 13.2 Å². The van der Waals surface area contributed by atoms with Crippen LogP contribution in [0.25, 0.3) is 0 Å². The highest BCUT2D eigenvalue weighted by atomic mass is 16.7. The van der Waals surface area contributed by atoms with Crippen molar-refractivity contribution in [1.82, 2.24) is 4.90 Å². The van der Waals surface area contributed by atoms with Crippen LogP contribution in [0, 0.1) is 5.92 Å². The van der Waals surface area contributed by atoms with E-state index in [-0.39, 0.29) is 36.2 Å². The fourth-order valence-corrected chi connectivity index (χ4v) is 3.65. The molecule has 0 radical (unpaired) electrons. The van der Waals surface area contributed by atoms with Gasteiger partial charge in [0.25, 0.3) is 0 Å². The van der Waals surface area contributed by atoms with Crippen LogP contribution in [0.2, 0.25) is 0 Å². The molecule has 1 aliphatic heterocycles. The molecular weight excluding hydrogens is 377 g/mol. The van der Waals surface area contributed by atoms with E-state index in [0.717, 1.165) is 11.0 Å². The quantitative estimate of drug-likeness (QED) is 0.514. The zero-order valence-corrected chi connectivity index (χ0v) is 20.5. The molecule has 0 aliphatic carbocycles. The molecule has 168 valence electrons. The number of hydrogen-bond donors (Lipinski definition) is 0. The first-order valence-corrected chi connectivity index (χ1v) is 11.0. The Hall–Kier alpha value is -1.37. The molecular formula is C24H40BNO4. The SMILES string of the molecule is CC(C)C(C(=O)OC(C)(C)C)N(Cc1ccc(B2OCC(C)(C)O2)cc1)C(C)(C)C. The second kappa shape index (κ2) is 9.01. The van der Waals surface area contributed by atoms with E-state index in [9.17, 15) is 4.79 Å². The Morgan fingerprint density at radius 2 is 1.70 bits per heavy atom. The second-order valence-electron chi connectivity index (χ2n) is 11.3. The zero-order chi connectivity index (χ0) is 22.9. The first kappa shape index (κ1) is 24.9. The van der Waals surface area contributed by atoms with Crippen molar-refractivity contribution < 1.29 is 18.8 Å². The Labute approximate surface area is 183 Å². The zero-order valence-electron chi connectivity index (χ0n) is 20.5. The smallest absolute Gasteiger partial charge is 0.459 e. The summed E-state index contributed by atoms with van der Waals surface area (Å²) in [6.07, 6.45) is 0. The third-order valence-electron chi connectivity index (χ3n) is 5.09. The van der Waals surface area contributed by atoms with Crippen LogP contribution >= 0.6 is 0 Å². The highest BCUT2D eigenvalue weighted by Crippen LogP contribution is 2.27. The maximum absolute atomic E-state index is 13.1. The first-order valence-electron chi connectivity index (χ1n) is 11.0. The van der Waals surface area contributed by atoms with Crippen molar-refractivity contribution in [1.29, 1.82) is 0 Å². The van der Waals surface area contributed by atoms with Gasteiger partial charge in [-0.05, 0) is 72.3 Å². The molecule has 30 heavy (non-hydrogen) atoms. The van der Waals surface area contributed by atoms with E-state index in [1.54, 1.807) is 0 Å². The minimum Gasteiger partial charge on any atom is -0.459 e. The Bertz CT molecular complexity index is 716. The fraction of sp³-hybridized carbons (Fsp3) is 0.708. The fourth-order valence-electron chi connectivity index (χ4n) is 3.65. The van der Waals surface area contributed by atoms with E-state index < -0.39 is 5.60 Å². The van der Waals surface area contributed by atoms with Crippen LogP contribution in [0.3, 0.4) is 0 Å². The Morgan fingerprint density at radius 1 is 1.13 bits per heavy atom. The lowest BCUT2D eigenvalue weighted by molar-refractivity contribution is -0.166. The number of esters is 1. The predicted octanol–water partition coefficient (Wildman–Crippen LogP) is 4.17. The van der Waals surface area contributed by atoms with Crippen molar-refractivity contribution in [2.45, 2.75) is 98.6 Å². The van der Waals surface area contributed by atoms with Gasteiger partial charge < -0.3 is 14.0 Å². The number of carbonyl (C=O) groups is 1. The molecule has 0 N–H and O–H groups in total. The summed E-state index contributed by atoms with van der Waals surface area (Å²) in [6, 6.07) is 7.98. The molecule has 5 nitrogen and oxygen atoms in total. The van der Waals surface area contributed by atoms with Crippen LogP contribution < -0.4 is 5.46 Å². The Kier molecular flexibility index (Phi) is 7.48. The molecule has 0 spiro atoms. The highest BCUT2D eigenvalue weighted by molar-refractivity contribution is 6.61. The van der Waals surface area contributed by atoms with Gasteiger partial charge >= 0.3 is 13.1 Å². The lowest BCUT2D eigenvalue weighted by Crippen LogP contribution is -2.54. The van der Waals surface area contributed by atoms with Crippen LogP contribution in [-0.2, 0) is 25.4 Å². The van der Waals surface area contributed by atoms with E-state index in [4.69, 9.17) is 14.0 Å². The lowest BCUT2D eigenvalue weighted by Gasteiger charge is -2.43. The van der Waals surface area contributed by atoms with Gasteiger partial charge in [-0.1, -0.05) is 38.1 Å². The first-order chi connectivity index (χ1) is 13.6. The largest absolute Gasteiger partial charge is 0.494 e. The normalized spacial score (nSPS) is 18.2. The van der Waals surface area contributed by atoms with Crippen molar-refractivity contribution in [3.63, 3.8) is 0 Å². The molecule has 1 saturated heterocycles. The number of carbonyl (C=O) groups excluding carboxylic acids is 1. The van der Waals surface area contributed by atoms with Gasteiger partial charge in [0.1, 0.15) is 11.6 Å². The van der Waals surface area contributed by atoms with E-state index in [1.165, 1.54) is 0 Å². The molecule has 2 rings (SSSR count). The van der Waals surface area contributed by atoms with Crippen LogP contribution in [0.5, 0.6) is 0 Å². The molecule has 1 aromatic rings. The molecule has 0 aromatic heterocycles. The number of benzene rings is 1. The Balaban J connectivity index is 2.22. The maximum atomic E-state index is 13.1. The van der Waals surface area contributed by atoms with Crippen molar-refractivity contribution in [2.24, 2.45) is 5.92 Å². The summed E-state index contributed by atoms with van der Waals surface area (Å²) in [5, 5.41) is 0. The third kappa shape index (κ3) is 6.83.